The van der Waals surface area contributed by atoms with Gasteiger partial charge in [-0.3, -0.25) is 14.9 Å². The van der Waals surface area contributed by atoms with Crippen molar-refractivity contribution in [1.82, 2.24) is 4.40 Å². The monoisotopic (exact) mass is 568 g/mol. The lowest BCUT2D eigenvalue weighted by Crippen LogP contribution is -2.06. The highest BCUT2D eigenvalue weighted by Crippen LogP contribution is 2.45. The maximum atomic E-state index is 14.4. The summed E-state index contributed by atoms with van der Waals surface area (Å²) in [6.45, 7) is 0. The summed E-state index contributed by atoms with van der Waals surface area (Å²) in [6, 6.07) is 32.7. The highest BCUT2D eigenvalue weighted by Gasteiger charge is 2.26. The number of aromatic nitrogens is 1. The average Bonchev–Trinajstić information content (AvgIpc) is 3.41. The third kappa shape index (κ3) is 4.28. The first kappa shape index (κ1) is 26.0. The number of ether oxygens (including phenoxy) is 3. The molecule has 0 atom stereocenters. The molecule has 7 aromatic rings. The molecule has 0 unspecified atom stereocenters. The van der Waals surface area contributed by atoms with Crippen molar-refractivity contribution >= 4 is 32.9 Å². The third-order valence-electron chi connectivity index (χ3n) is 7.67. The van der Waals surface area contributed by atoms with Crippen LogP contribution >= 0.6 is 0 Å². The molecule has 0 saturated heterocycles. The van der Waals surface area contributed by atoms with Gasteiger partial charge in [0.05, 0.1) is 41.3 Å². The van der Waals surface area contributed by atoms with E-state index in [-0.39, 0.29) is 16.9 Å². The van der Waals surface area contributed by atoms with Crippen LogP contribution in [0.25, 0.3) is 49.6 Å². The Morgan fingerprint density at radius 3 is 2.05 bits per heavy atom. The van der Waals surface area contributed by atoms with Gasteiger partial charge in [-0.1, -0.05) is 30.3 Å². The number of nitro groups is 1. The zero-order valence-electron chi connectivity index (χ0n) is 23.2. The van der Waals surface area contributed by atoms with Crippen LogP contribution in [-0.4, -0.2) is 23.5 Å². The lowest BCUT2D eigenvalue weighted by atomic mass is 9.97. The molecule has 0 radical (unpaired) electrons. The van der Waals surface area contributed by atoms with Crippen molar-refractivity contribution in [2.45, 2.75) is 0 Å². The largest absolute Gasteiger partial charge is 0.497 e. The van der Waals surface area contributed by atoms with Crippen LogP contribution in [0.15, 0.2) is 114 Å². The van der Waals surface area contributed by atoms with Crippen LogP contribution in [0.1, 0.15) is 0 Å². The number of hydrogen-bond donors (Lipinski definition) is 0. The molecular weight excluding hydrogens is 544 g/mol. The van der Waals surface area contributed by atoms with Gasteiger partial charge in [0.25, 0.3) is 5.69 Å². The molecule has 0 saturated carbocycles. The Morgan fingerprint density at radius 1 is 0.698 bits per heavy atom. The molecule has 2 aromatic heterocycles. The molecule has 43 heavy (non-hydrogen) atoms. The standard InChI is InChI=1S/C35H24N2O6/c1-41-26-14-10-21(11-15-26)31-32-34-24(20-30(35(32)38)43-27-6-4-3-5-7-27)18-23-19-28(42-2)16-17-29(23)36(34)33(31)22-8-12-25(13-9-22)37(39)40/h3-20H,1-2H3. The predicted octanol–water partition coefficient (Wildman–Crippen LogP) is 8.10. The van der Waals surface area contributed by atoms with Gasteiger partial charge >= 0.3 is 0 Å². The summed E-state index contributed by atoms with van der Waals surface area (Å²) in [5, 5.41) is 13.7. The maximum absolute atomic E-state index is 14.4. The fraction of sp³-hybridized carbons (Fsp3) is 0.0571. The van der Waals surface area contributed by atoms with Crippen molar-refractivity contribution in [2.75, 3.05) is 14.2 Å². The molecule has 210 valence electrons. The van der Waals surface area contributed by atoms with Gasteiger partial charge in [-0.15, -0.1) is 0 Å². The molecule has 8 heteroatoms. The second-order valence-electron chi connectivity index (χ2n) is 10.1. The summed E-state index contributed by atoms with van der Waals surface area (Å²) < 4.78 is 19.2. The predicted molar refractivity (Wildman–Crippen MR) is 167 cm³/mol. The van der Waals surface area contributed by atoms with Crippen molar-refractivity contribution in [3.8, 4) is 45.4 Å². The summed E-state index contributed by atoms with van der Waals surface area (Å²) in [4.78, 5) is 25.5. The number of fused-ring (bicyclic) bond motifs is 2. The van der Waals surface area contributed by atoms with Gasteiger partial charge in [-0.05, 0) is 77.9 Å². The van der Waals surface area contributed by atoms with E-state index in [1.54, 1.807) is 44.6 Å². The highest BCUT2D eigenvalue weighted by molar-refractivity contribution is 6.15. The number of rotatable bonds is 7. The van der Waals surface area contributed by atoms with Crippen molar-refractivity contribution in [1.29, 1.82) is 0 Å². The Bertz CT molecular complexity index is 2210. The number of pyridine rings is 1. The van der Waals surface area contributed by atoms with E-state index in [2.05, 4.69) is 4.40 Å². The molecule has 0 amide bonds. The van der Waals surface area contributed by atoms with Gasteiger partial charge in [0.2, 0.25) is 5.43 Å². The minimum atomic E-state index is -0.426. The number of hydrogen-bond acceptors (Lipinski definition) is 6. The summed E-state index contributed by atoms with van der Waals surface area (Å²) in [7, 11) is 3.22. The number of non-ortho nitro benzene ring substituents is 1. The molecule has 0 aliphatic carbocycles. The van der Waals surface area contributed by atoms with Gasteiger partial charge in [0, 0.05) is 28.5 Å². The van der Waals surface area contributed by atoms with E-state index in [1.807, 2.05) is 66.7 Å². The second-order valence-corrected chi connectivity index (χ2v) is 10.1. The number of benzene rings is 5. The lowest BCUT2D eigenvalue weighted by molar-refractivity contribution is -0.384. The third-order valence-corrected chi connectivity index (χ3v) is 7.67. The first-order chi connectivity index (χ1) is 21.0. The van der Waals surface area contributed by atoms with E-state index >= 15 is 0 Å². The van der Waals surface area contributed by atoms with Gasteiger partial charge in [-0.2, -0.15) is 0 Å². The Hall–Kier alpha value is -5.89. The molecule has 0 spiro atoms. The van der Waals surface area contributed by atoms with Gasteiger partial charge in [-0.25, -0.2) is 0 Å². The van der Waals surface area contributed by atoms with Gasteiger partial charge in [0.15, 0.2) is 5.75 Å². The zero-order valence-corrected chi connectivity index (χ0v) is 23.2. The summed E-state index contributed by atoms with van der Waals surface area (Å²) in [5.41, 5.74) is 4.21. The second kappa shape index (κ2) is 10.2. The summed E-state index contributed by atoms with van der Waals surface area (Å²) >= 11 is 0. The number of nitrogens with zero attached hydrogens (tertiary/aromatic N) is 2. The Labute approximate surface area is 245 Å². The minimum Gasteiger partial charge on any atom is -0.497 e. The van der Waals surface area contributed by atoms with Crippen molar-refractivity contribution in [3.05, 3.63) is 130 Å². The fourth-order valence-electron chi connectivity index (χ4n) is 5.71. The quantitative estimate of drug-likeness (QED) is 0.110. The van der Waals surface area contributed by atoms with Crippen LogP contribution < -0.4 is 19.6 Å². The van der Waals surface area contributed by atoms with E-state index in [1.165, 1.54) is 12.1 Å². The highest BCUT2D eigenvalue weighted by atomic mass is 16.6. The zero-order chi connectivity index (χ0) is 29.7. The number of nitro benzene ring substituents is 1. The molecular formula is C35H24N2O6. The van der Waals surface area contributed by atoms with Crippen molar-refractivity contribution in [2.24, 2.45) is 0 Å². The van der Waals surface area contributed by atoms with Crippen LogP contribution in [0.2, 0.25) is 0 Å². The van der Waals surface area contributed by atoms with E-state index in [9.17, 15) is 14.9 Å². The smallest absolute Gasteiger partial charge is 0.269 e. The molecule has 0 N–H and O–H groups in total. The molecule has 7 rings (SSSR count). The molecule has 2 heterocycles. The normalized spacial score (nSPS) is 11.3. The number of methoxy groups -OCH3 is 2. The van der Waals surface area contributed by atoms with Crippen LogP contribution in [0.5, 0.6) is 23.0 Å². The van der Waals surface area contributed by atoms with E-state index in [0.29, 0.717) is 33.8 Å². The lowest BCUT2D eigenvalue weighted by Gasteiger charge is -2.13. The summed E-state index contributed by atoms with van der Waals surface area (Å²) in [5.74, 6) is 2.11. The van der Waals surface area contributed by atoms with Crippen LogP contribution in [0, 0.1) is 10.1 Å². The SMILES string of the molecule is COc1ccc(-c2c(-c3ccc([N+](=O)[O-])cc3)n3c4ccc(OC)cc4cc4cc(Oc5ccccc5)c(=O)c2c43)cc1. The molecule has 0 fully saturated rings. The molecule has 8 nitrogen and oxygen atoms in total. The van der Waals surface area contributed by atoms with Crippen LogP contribution in [0.4, 0.5) is 5.69 Å². The van der Waals surface area contributed by atoms with E-state index in [4.69, 9.17) is 14.2 Å². The van der Waals surface area contributed by atoms with Gasteiger partial charge in [0.1, 0.15) is 17.2 Å². The molecule has 5 aromatic carbocycles. The van der Waals surface area contributed by atoms with E-state index in [0.717, 1.165) is 33.1 Å². The van der Waals surface area contributed by atoms with Crippen LogP contribution in [-0.2, 0) is 0 Å². The molecule has 0 aliphatic rings. The topological polar surface area (TPSA) is 92.3 Å². The first-order valence-electron chi connectivity index (χ1n) is 13.5. The van der Waals surface area contributed by atoms with Crippen molar-refractivity contribution in [3.63, 3.8) is 0 Å². The van der Waals surface area contributed by atoms with Gasteiger partial charge < -0.3 is 18.6 Å². The average molecular weight is 569 g/mol. The fourth-order valence-corrected chi connectivity index (χ4v) is 5.71. The first-order valence-corrected chi connectivity index (χ1v) is 13.5. The van der Waals surface area contributed by atoms with Crippen LogP contribution in [0.3, 0.4) is 0 Å². The summed E-state index contributed by atoms with van der Waals surface area (Å²) in [6.07, 6.45) is 0. The van der Waals surface area contributed by atoms with E-state index < -0.39 is 4.92 Å². The number of para-hydroxylation sites is 1. The van der Waals surface area contributed by atoms with Crippen molar-refractivity contribution < 1.29 is 19.1 Å². The molecule has 0 bridgehead atoms. The minimum absolute atomic E-state index is 0.0216. The Kier molecular flexibility index (Phi) is 6.17. The molecule has 0 aliphatic heterocycles. The Balaban J connectivity index is 1.66. The maximum Gasteiger partial charge on any atom is 0.269 e. The Morgan fingerprint density at radius 2 is 1.37 bits per heavy atom.